The van der Waals surface area contributed by atoms with E-state index in [9.17, 15) is 14.0 Å². The minimum absolute atomic E-state index is 0.200. The molecule has 1 N–H and O–H groups in total. The largest absolute Gasteiger partial charge is 0.489 e. The molecule has 31 heavy (non-hydrogen) atoms. The van der Waals surface area contributed by atoms with Crippen LogP contribution in [0.2, 0.25) is 0 Å². The minimum Gasteiger partial charge on any atom is -0.489 e. The number of ether oxygens (including phenoxy) is 1. The number of benzene rings is 3. The second kappa shape index (κ2) is 9.14. The number of urea groups is 1. The smallest absolute Gasteiger partial charge is 0.329 e. The number of nitrogens with zero attached hydrogens (tertiary/aromatic N) is 1. The number of rotatable bonds is 6. The van der Waals surface area contributed by atoms with Crippen molar-refractivity contribution in [3.63, 3.8) is 0 Å². The van der Waals surface area contributed by atoms with Crippen molar-refractivity contribution in [2.24, 2.45) is 0 Å². The van der Waals surface area contributed by atoms with Gasteiger partial charge in [-0.2, -0.15) is 0 Å². The van der Waals surface area contributed by atoms with E-state index in [0.29, 0.717) is 12.4 Å². The maximum atomic E-state index is 13.0. The van der Waals surface area contributed by atoms with Crippen molar-refractivity contribution >= 4 is 33.9 Å². The molecule has 0 saturated carbocycles. The van der Waals surface area contributed by atoms with E-state index in [-0.39, 0.29) is 24.0 Å². The predicted molar refractivity (Wildman–Crippen MR) is 118 cm³/mol. The lowest BCUT2D eigenvalue weighted by molar-refractivity contribution is -0.123. The van der Waals surface area contributed by atoms with Crippen LogP contribution in [0.4, 0.5) is 9.18 Å². The summed E-state index contributed by atoms with van der Waals surface area (Å²) in [6.45, 7) is 0.520. The molecule has 0 bridgehead atoms. The molecule has 1 aliphatic rings. The molecule has 0 aliphatic carbocycles. The van der Waals surface area contributed by atoms with Gasteiger partial charge in [-0.25, -0.2) is 9.18 Å². The first-order valence-corrected chi connectivity index (χ1v) is 10.3. The van der Waals surface area contributed by atoms with Crippen LogP contribution < -0.4 is 10.1 Å². The lowest BCUT2D eigenvalue weighted by atomic mass is 10.1. The molecule has 4 rings (SSSR count). The van der Waals surface area contributed by atoms with Gasteiger partial charge in [0, 0.05) is 4.47 Å². The number of hydrogen-bond donors (Lipinski definition) is 1. The molecule has 1 aliphatic heterocycles. The van der Waals surface area contributed by atoms with Gasteiger partial charge in [0.1, 0.15) is 23.9 Å². The highest BCUT2D eigenvalue weighted by Gasteiger charge is 2.33. The molecular weight excluding hydrogens is 463 g/mol. The fourth-order valence-electron chi connectivity index (χ4n) is 3.06. The second-order valence-electron chi connectivity index (χ2n) is 6.99. The summed E-state index contributed by atoms with van der Waals surface area (Å²) in [5, 5.41) is 2.63. The molecule has 0 aromatic heterocycles. The van der Waals surface area contributed by atoms with Crippen LogP contribution in [0.15, 0.2) is 83.0 Å². The van der Waals surface area contributed by atoms with Crippen LogP contribution in [0.3, 0.4) is 0 Å². The average Bonchev–Trinajstić information content (AvgIpc) is 3.03. The normalized spacial score (nSPS) is 14.8. The first kappa shape index (κ1) is 20.8. The van der Waals surface area contributed by atoms with E-state index in [0.717, 1.165) is 21.2 Å². The van der Waals surface area contributed by atoms with Crippen molar-refractivity contribution in [3.8, 4) is 5.75 Å². The molecule has 0 radical (unpaired) electrons. The van der Waals surface area contributed by atoms with Gasteiger partial charge in [0.05, 0.1) is 6.54 Å². The van der Waals surface area contributed by atoms with Gasteiger partial charge in [-0.15, -0.1) is 0 Å². The zero-order valence-corrected chi connectivity index (χ0v) is 17.9. The van der Waals surface area contributed by atoms with E-state index in [1.54, 1.807) is 42.5 Å². The van der Waals surface area contributed by atoms with Crippen molar-refractivity contribution in [1.29, 1.82) is 0 Å². The first-order chi connectivity index (χ1) is 15.0. The summed E-state index contributed by atoms with van der Waals surface area (Å²) < 4.78 is 19.6. The fraction of sp³-hybridized carbons (Fsp3) is 0.0833. The van der Waals surface area contributed by atoms with Gasteiger partial charge in [-0.05, 0) is 59.2 Å². The third kappa shape index (κ3) is 5.19. The van der Waals surface area contributed by atoms with Crippen LogP contribution in [0.25, 0.3) is 6.08 Å². The molecule has 3 aromatic rings. The Hall–Kier alpha value is -3.45. The van der Waals surface area contributed by atoms with Crippen molar-refractivity contribution in [3.05, 3.63) is 105 Å². The lowest BCUT2D eigenvalue weighted by Crippen LogP contribution is -2.30. The predicted octanol–water partition coefficient (Wildman–Crippen LogP) is 5.26. The Bertz CT molecular complexity index is 1130. The van der Waals surface area contributed by atoms with Crippen molar-refractivity contribution in [1.82, 2.24) is 10.2 Å². The number of hydrogen-bond acceptors (Lipinski definition) is 3. The van der Waals surface area contributed by atoms with Crippen LogP contribution >= 0.6 is 15.9 Å². The van der Waals surface area contributed by atoms with Gasteiger partial charge in [0.15, 0.2) is 0 Å². The molecule has 7 heteroatoms. The van der Waals surface area contributed by atoms with E-state index in [1.807, 2.05) is 24.3 Å². The number of nitrogens with one attached hydrogen (secondary N) is 1. The third-order valence-electron chi connectivity index (χ3n) is 4.73. The van der Waals surface area contributed by atoms with Gasteiger partial charge >= 0.3 is 6.03 Å². The lowest BCUT2D eigenvalue weighted by Gasteiger charge is -2.11. The Morgan fingerprint density at radius 1 is 0.903 bits per heavy atom. The van der Waals surface area contributed by atoms with Crippen molar-refractivity contribution in [2.45, 2.75) is 13.2 Å². The van der Waals surface area contributed by atoms with Crippen LogP contribution in [-0.4, -0.2) is 16.8 Å². The van der Waals surface area contributed by atoms with Crippen LogP contribution in [0.1, 0.15) is 16.7 Å². The van der Waals surface area contributed by atoms with Gasteiger partial charge in [-0.3, -0.25) is 9.69 Å². The molecule has 5 nitrogen and oxygen atoms in total. The zero-order chi connectivity index (χ0) is 21.8. The molecular formula is C24H18BrFN2O3. The van der Waals surface area contributed by atoms with E-state index in [2.05, 4.69) is 21.2 Å². The Morgan fingerprint density at radius 3 is 2.23 bits per heavy atom. The highest BCUT2D eigenvalue weighted by Crippen LogP contribution is 2.20. The second-order valence-corrected chi connectivity index (χ2v) is 7.91. The molecule has 3 aromatic carbocycles. The molecule has 156 valence electrons. The summed E-state index contributed by atoms with van der Waals surface area (Å²) in [6, 6.07) is 20.3. The van der Waals surface area contributed by atoms with Gasteiger partial charge in [-0.1, -0.05) is 52.3 Å². The summed E-state index contributed by atoms with van der Waals surface area (Å²) in [4.78, 5) is 26.1. The monoisotopic (exact) mass is 480 g/mol. The van der Waals surface area contributed by atoms with Gasteiger partial charge in [0.2, 0.25) is 0 Å². The highest BCUT2D eigenvalue weighted by atomic mass is 79.9. The third-order valence-corrected chi connectivity index (χ3v) is 5.25. The van der Waals surface area contributed by atoms with Crippen LogP contribution in [-0.2, 0) is 17.9 Å². The van der Waals surface area contributed by atoms with Gasteiger partial charge < -0.3 is 10.1 Å². The summed E-state index contributed by atoms with van der Waals surface area (Å²) in [7, 11) is 0. The Kier molecular flexibility index (Phi) is 6.13. The quantitative estimate of drug-likeness (QED) is 0.386. The molecule has 0 spiro atoms. The molecule has 3 amide bonds. The Balaban J connectivity index is 1.39. The minimum atomic E-state index is -0.446. The maximum Gasteiger partial charge on any atom is 0.329 e. The van der Waals surface area contributed by atoms with E-state index >= 15 is 0 Å². The first-order valence-electron chi connectivity index (χ1n) is 9.54. The van der Waals surface area contributed by atoms with E-state index < -0.39 is 6.03 Å². The zero-order valence-electron chi connectivity index (χ0n) is 16.3. The Morgan fingerprint density at radius 2 is 1.55 bits per heavy atom. The molecule has 1 heterocycles. The van der Waals surface area contributed by atoms with Crippen molar-refractivity contribution < 1.29 is 18.7 Å². The van der Waals surface area contributed by atoms with Crippen LogP contribution in [0.5, 0.6) is 5.75 Å². The molecule has 1 fully saturated rings. The van der Waals surface area contributed by atoms with Crippen molar-refractivity contribution in [2.75, 3.05) is 0 Å². The highest BCUT2D eigenvalue weighted by molar-refractivity contribution is 9.10. The number of carbonyl (C=O) groups is 2. The number of carbonyl (C=O) groups excluding carboxylic acids is 2. The van der Waals surface area contributed by atoms with Gasteiger partial charge in [0.25, 0.3) is 5.91 Å². The summed E-state index contributed by atoms with van der Waals surface area (Å²) in [6.07, 6.45) is 1.63. The Labute approximate surface area is 187 Å². The number of imide groups is 1. The number of halogens is 2. The fourth-order valence-corrected chi connectivity index (χ4v) is 3.33. The topological polar surface area (TPSA) is 58.6 Å². The van der Waals surface area contributed by atoms with Crippen LogP contribution in [0, 0.1) is 5.82 Å². The average molecular weight is 481 g/mol. The van der Waals surface area contributed by atoms with E-state index in [1.165, 1.54) is 17.0 Å². The molecule has 0 unspecified atom stereocenters. The summed E-state index contributed by atoms with van der Waals surface area (Å²) in [5.41, 5.74) is 2.69. The summed E-state index contributed by atoms with van der Waals surface area (Å²) >= 11 is 3.37. The maximum absolute atomic E-state index is 13.0. The summed E-state index contributed by atoms with van der Waals surface area (Å²) in [5.74, 6) is -0.0141. The van der Waals surface area contributed by atoms with E-state index in [4.69, 9.17) is 4.74 Å². The number of amides is 3. The molecule has 0 atom stereocenters. The molecule has 1 saturated heterocycles. The standard InChI is InChI=1S/C24H18BrFN2O3/c25-19-7-1-17(2-8-19)14-28-23(29)22(27-24(28)30)13-16-5-11-21(12-6-16)31-15-18-3-9-20(26)10-4-18/h1-13H,14-15H2,(H,27,30)/b22-13+. The SMILES string of the molecule is O=C1N/C(=C/c2ccc(OCc3ccc(F)cc3)cc2)C(=O)N1Cc1ccc(Br)cc1.